The molecule has 7 heteroatoms. The highest BCUT2D eigenvalue weighted by Gasteiger charge is 2.08. The van der Waals surface area contributed by atoms with Crippen LogP contribution in [0.4, 0.5) is 0 Å². The predicted molar refractivity (Wildman–Crippen MR) is 105 cm³/mol. The molecule has 0 saturated heterocycles. The Labute approximate surface area is 162 Å². The molecule has 0 atom stereocenters. The molecule has 1 aromatic carbocycles. The first-order valence-corrected chi connectivity index (χ1v) is 8.79. The molecule has 0 aliphatic rings. The first kappa shape index (κ1) is 18.8. The van der Waals surface area contributed by atoms with Crippen LogP contribution in [0.1, 0.15) is 11.3 Å². The van der Waals surface area contributed by atoms with Gasteiger partial charge >= 0.3 is 0 Å². The van der Waals surface area contributed by atoms with E-state index in [1.54, 1.807) is 20.3 Å². The minimum atomic E-state index is -0.197. The summed E-state index contributed by atoms with van der Waals surface area (Å²) in [4.78, 5) is 16.3. The second-order valence-electron chi connectivity index (χ2n) is 5.78. The lowest BCUT2D eigenvalue weighted by Crippen LogP contribution is -2.23. The second-order valence-corrected chi connectivity index (χ2v) is 6.14. The van der Waals surface area contributed by atoms with E-state index in [1.165, 1.54) is 6.08 Å². The van der Waals surface area contributed by atoms with Crippen LogP contribution in [0.25, 0.3) is 11.7 Å². The molecule has 6 nitrogen and oxygen atoms in total. The van der Waals surface area contributed by atoms with Crippen molar-refractivity contribution < 1.29 is 14.3 Å². The maximum Gasteiger partial charge on any atom is 0.244 e. The van der Waals surface area contributed by atoms with Crippen molar-refractivity contribution in [3.63, 3.8) is 0 Å². The van der Waals surface area contributed by atoms with Gasteiger partial charge in [0.25, 0.3) is 0 Å². The summed E-state index contributed by atoms with van der Waals surface area (Å²) < 4.78 is 12.3. The predicted octanol–water partition coefficient (Wildman–Crippen LogP) is 3.38. The molecule has 0 bridgehead atoms. The molecule has 2 aromatic heterocycles. The Morgan fingerprint density at radius 1 is 1.22 bits per heavy atom. The summed E-state index contributed by atoms with van der Waals surface area (Å²) in [5, 5.41) is 3.21. The third-order valence-electron chi connectivity index (χ3n) is 4.08. The number of benzene rings is 1. The third-order valence-corrected chi connectivity index (χ3v) is 4.35. The van der Waals surface area contributed by atoms with Crippen molar-refractivity contribution >= 4 is 29.2 Å². The normalized spacial score (nSPS) is 11.1. The number of carbonyl (C=O) groups excluding carboxylic acids is 1. The van der Waals surface area contributed by atoms with Gasteiger partial charge in [-0.25, -0.2) is 4.98 Å². The maximum atomic E-state index is 12.1. The largest absolute Gasteiger partial charge is 0.493 e. The number of halogens is 1. The quantitative estimate of drug-likeness (QED) is 0.633. The zero-order chi connectivity index (χ0) is 19.2. The third kappa shape index (κ3) is 4.41. The van der Waals surface area contributed by atoms with Crippen LogP contribution in [0.3, 0.4) is 0 Å². The fourth-order valence-corrected chi connectivity index (χ4v) is 2.96. The first-order valence-electron chi connectivity index (χ1n) is 8.41. The van der Waals surface area contributed by atoms with Gasteiger partial charge in [0.2, 0.25) is 5.91 Å². The molecule has 2 heterocycles. The zero-order valence-corrected chi connectivity index (χ0v) is 15.9. The van der Waals surface area contributed by atoms with Gasteiger partial charge in [-0.2, -0.15) is 0 Å². The summed E-state index contributed by atoms with van der Waals surface area (Å²) in [5.74, 6) is 1.15. The fraction of sp³-hybridized carbons (Fsp3) is 0.200. The summed E-state index contributed by atoms with van der Waals surface area (Å²) in [5.41, 5.74) is 2.44. The van der Waals surface area contributed by atoms with Crippen molar-refractivity contribution in [3.05, 3.63) is 65.1 Å². The Hall–Kier alpha value is -2.99. The van der Waals surface area contributed by atoms with E-state index in [2.05, 4.69) is 10.3 Å². The molecule has 3 aromatic rings. The Kier molecular flexibility index (Phi) is 5.98. The summed E-state index contributed by atoms with van der Waals surface area (Å²) in [6.07, 6.45) is 5.64. The van der Waals surface area contributed by atoms with Gasteiger partial charge in [0, 0.05) is 18.8 Å². The van der Waals surface area contributed by atoms with E-state index in [-0.39, 0.29) is 5.91 Å². The van der Waals surface area contributed by atoms with Crippen molar-refractivity contribution in [3.8, 4) is 11.5 Å². The van der Waals surface area contributed by atoms with E-state index in [1.807, 2.05) is 47.0 Å². The molecular weight excluding hydrogens is 366 g/mol. The summed E-state index contributed by atoms with van der Waals surface area (Å²) in [7, 11) is 3.19. The number of hydrogen-bond donors (Lipinski definition) is 1. The van der Waals surface area contributed by atoms with Gasteiger partial charge < -0.3 is 14.8 Å². The number of fused-ring (bicyclic) bond motifs is 1. The summed E-state index contributed by atoms with van der Waals surface area (Å²) >= 11 is 6.15. The molecule has 0 spiro atoms. The number of carbonyl (C=O) groups is 1. The van der Waals surface area contributed by atoms with Gasteiger partial charge in [-0.3, -0.25) is 9.20 Å². The Bertz CT molecular complexity index is 982. The van der Waals surface area contributed by atoms with Crippen LogP contribution in [0.5, 0.6) is 11.5 Å². The average molecular weight is 386 g/mol. The Balaban J connectivity index is 1.58. The van der Waals surface area contributed by atoms with Crippen LogP contribution < -0.4 is 14.8 Å². The van der Waals surface area contributed by atoms with Crippen molar-refractivity contribution in [2.75, 3.05) is 20.8 Å². The number of ether oxygens (including phenoxy) is 2. The number of amides is 1. The van der Waals surface area contributed by atoms with Gasteiger partial charge in [0.05, 0.1) is 19.9 Å². The van der Waals surface area contributed by atoms with Crippen molar-refractivity contribution in [1.82, 2.24) is 14.7 Å². The Morgan fingerprint density at radius 2 is 2.04 bits per heavy atom. The van der Waals surface area contributed by atoms with Crippen LogP contribution in [0.15, 0.2) is 48.7 Å². The Morgan fingerprint density at radius 3 is 2.81 bits per heavy atom. The number of methoxy groups -OCH3 is 2. The lowest BCUT2D eigenvalue weighted by atomic mass is 10.1. The number of nitrogens with zero attached hydrogens (tertiary/aromatic N) is 2. The molecule has 1 N–H and O–H groups in total. The maximum absolute atomic E-state index is 12.1. The first-order chi connectivity index (χ1) is 13.1. The van der Waals surface area contributed by atoms with Gasteiger partial charge in [-0.15, -0.1) is 0 Å². The smallest absolute Gasteiger partial charge is 0.244 e. The molecule has 0 aliphatic heterocycles. The number of pyridine rings is 1. The van der Waals surface area contributed by atoms with E-state index in [0.29, 0.717) is 35.3 Å². The SMILES string of the molecule is COc1ccc(CCNC(=O)/C=C/c2c(Cl)nc3ccccn23)cc1OC. The number of imidazole rings is 1. The molecular formula is C20H20ClN3O3. The van der Waals surface area contributed by atoms with Crippen molar-refractivity contribution in [1.29, 1.82) is 0 Å². The van der Waals surface area contributed by atoms with Crippen LogP contribution in [-0.2, 0) is 11.2 Å². The number of aromatic nitrogens is 2. The lowest BCUT2D eigenvalue weighted by molar-refractivity contribution is -0.116. The van der Waals surface area contributed by atoms with Crippen molar-refractivity contribution in [2.45, 2.75) is 6.42 Å². The molecule has 0 saturated carbocycles. The topological polar surface area (TPSA) is 64.9 Å². The van der Waals surface area contributed by atoms with E-state index in [4.69, 9.17) is 21.1 Å². The minimum Gasteiger partial charge on any atom is -0.493 e. The highest BCUT2D eigenvalue weighted by Crippen LogP contribution is 2.27. The summed E-state index contributed by atoms with van der Waals surface area (Å²) in [6.45, 7) is 0.500. The molecule has 0 radical (unpaired) electrons. The van der Waals surface area contributed by atoms with E-state index >= 15 is 0 Å². The monoisotopic (exact) mass is 385 g/mol. The van der Waals surface area contributed by atoms with Gasteiger partial charge in [0.1, 0.15) is 5.65 Å². The van der Waals surface area contributed by atoms with Crippen LogP contribution in [-0.4, -0.2) is 36.1 Å². The molecule has 0 aliphatic carbocycles. The lowest BCUT2D eigenvalue weighted by Gasteiger charge is -2.09. The van der Waals surface area contributed by atoms with E-state index in [0.717, 1.165) is 11.2 Å². The molecule has 27 heavy (non-hydrogen) atoms. The van der Waals surface area contributed by atoms with Gasteiger partial charge in [-0.05, 0) is 42.3 Å². The second kappa shape index (κ2) is 8.60. The number of nitrogens with one attached hydrogen (secondary N) is 1. The van der Waals surface area contributed by atoms with Crippen LogP contribution in [0, 0.1) is 0 Å². The molecule has 1 amide bonds. The van der Waals surface area contributed by atoms with Gasteiger partial charge in [-0.1, -0.05) is 23.7 Å². The van der Waals surface area contributed by atoms with Crippen LogP contribution >= 0.6 is 11.6 Å². The minimum absolute atomic E-state index is 0.197. The van der Waals surface area contributed by atoms with Crippen molar-refractivity contribution in [2.24, 2.45) is 0 Å². The zero-order valence-electron chi connectivity index (χ0n) is 15.1. The molecule has 0 unspecified atom stereocenters. The number of rotatable bonds is 7. The van der Waals surface area contributed by atoms with E-state index in [9.17, 15) is 4.79 Å². The average Bonchev–Trinajstić information content (AvgIpc) is 3.01. The molecule has 140 valence electrons. The molecule has 0 fully saturated rings. The van der Waals surface area contributed by atoms with Crippen LogP contribution in [0.2, 0.25) is 5.15 Å². The summed E-state index contributed by atoms with van der Waals surface area (Å²) in [6, 6.07) is 11.3. The van der Waals surface area contributed by atoms with E-state index < -0.39 is 0 Å². The highest BCUT2D eigenvalue weighted by molar-refractivity contribution is 6.31. The van der Waals surface area contributed by atoms with Gasteiger partial charge in [0.15, 0.2) is 16.7 Å². The molecule has 3 rings (SSSR count). The number of hydrogen-bond acceptors (Lipinski definition) is 4. The standard InChI is InChI=1S/C20H20ClN3O3/c1-26-16-8-6-14(13-17(16)27-2)10-11-22-19(25)9-7-15-20(21)23-18-5-3-4-12-24(15)18/h3-9,12-13H,10-11H2,1-2H3,(H,22,25)/b9-7+. The fourth-order valence-electron chi connectivity index (χ4n) is 2.71. The highest BCUT2D eigenvalue weighted by atomic mass is 35.5.